The van der Waals surface area contributed by atoms with Crippen molar-refractivity contribution in [1.82, 2.24) is 9.80 Å². The molecule has 0 radical (unpaired) electrons. The summed E-state index contributed by atoms with van der Waals surface area (Å²) in [7, 11) is 1.62. The SMILES string of the molecule is C[C@@H](OC(=O)[C@H](C)N1C(=O)c2ccccc2C1=O)C(=O)N(C)Cc1ccccc1. The number of rotatable bonds is 6. The van der Waals surface area contributed by atoms with Gasteiger partial charge in [0.25, 0.3) is 17.7 Å². The molecule has 0 saturated carbocycles. The highest BCUT2D eigenvalue weighted by Gasteiger charge is 2.41. The van der Waals surface area contributed by atoms with Gasteiger partial charge in [0.05, 0.1) is 11.1 Å². The van der Waals surface area contributed by atoms with Crippen LogP contribution in [0.4, 0.5) is 0 Å². The van der Waals surface area contributed by atoms with Crippen LogP contribution in [0, 0.1) is 0 Å². The van der Waals surface area contributed by atoms with Gasteiger partial charge in [-0.05, 0) is 31.5 Å². The van der Waals surface area contributed by atoms with Crippen LogP contribution < -0.4 is 0 Å². The Morgan fingerprint density at radius 3 is 2.00 bits per heavy atom. The maximum atomic E-state index is 12.5. The maximum absolute atomic E-state index is 12.5. The lowest BCUT2D eigenvalue weighted by Crippen LogP contribution is -2.46. The first-order chi connectivity index (χ1) is 13.8. The minimum Gasteiger partial charge on any atom is -0.451 e. The lowest BCUT2D eigenvalue weighted by Gasteiger charge is -2.25. The van der Waals surface area contributed by atoms with Crippen LogP contribution in [0.25, 0.3) is 0 Å². The van der Waals surface area contributed by atoms with Crippen LogP contribution >= 0.6 is 0 Å². The van der Waals surface area contributed by atoms with Gasteiger partial charge in [0, 0.05) is 13.6 Å². The smallest absolute Gasteiger partial charge is 0.329 e. The number of nitrogens with zero attached hydrogens (tertiary/aromatic N) is 2. The van der Waals surface area contributed by atoms with Gasteiger partial charge in [0.1, 0.15) is 6.04 Å². The summed E-state index contributed by atoms with van der Waals surface area (Å²) in [5.74, 6) is -2.28. The number of carbonyl (C=O) groups excluding carboxylic acids is 4. The minimum atomic E-state index is -1.14. The topological polar surface area (TPSA) is 84.0 Å². The summed E-state index contributed by atoms with van der Waals surface area (Å²) in [5, 5.41) is 0. The number of imide groups is 1. The van der Waals surface area contributed by atoms with E-state index in [0.717, 1.165) is 10.5 Å². The first-order valence-electron chi connectivity index (χ1n) is 9.27. The Labute approximate surface area is 168 Å². The molecule has 1 aliphatic rings. The second kappa shape index (κ2) is 8.26. The number of amides is 3. The molecule has 0 bridgehead atoms. The molecule has 1 aliphatic heterocycles. The summed E-state index contributed by atoms with van der Waals surface area (Å²) in [4.78, 5) is 52.4. The standard InChI is InChI=1S/C22H22N2O5/c1-14(24-20(26)17-11-7-8-12-18(17)21(24)27)22(28)29-15(2)19(25)23(3)13-16-9-5-4-6-10-16/h4-12,14-15H,13H2,1-3H3/t14-,15+/m0/s1. The van der Waals surface area contributed by atoms with Crippen molar-refractivity contribution in [2.24, 2.45) is 0 Å². The van der Waals surface area contributed by atoms with E-state index >= 15 is 0 Å². The second-order valence-corrected chi connectivity index (χ2v) is 6.96. The number of carbonyl (C=O) groups is 4. The van der Waals surface area contributed by atoms with Crippen LogP contribution in [0.1, 0.15) is 40.1 Å². The van der Waals surface area contributed by atoms with E-state index in [9.17, 15) is 19.2 Å². The summed E-state index contributed by atoms with van der Waals surface area (Å²) in [6, 6.07) is 14.7. The quantitative estimate of drug-likeness (QED) is 0.554. The van der Waals surface area contributed by atoms with Crippen LogP contribution in [-0.2, 0) is 20.9 Å². The predicted octanol–water partition coefficient (Wildman–Crippen LogP) is 2.26. The monoisotopic (exact) mass is 394 g/mol. The molecule has 3 amide bonds. The fourth-order valence-electron chi connectivity index (χ4n) is 3.23. The van der Waals surface area contributed by atoms with E-state index in [2.05, 4.69) is 0 Å². The summed E-state index contributed by atoms with van der Waals surface area (Å²) >= 11 is 0. The van der Waals surface area contributed by atoms with Crippen LogP contribution in [0.5, 0.6) is 0 Å². The van der Waals surface area contributed by atoms with Crippen molar-refractivity contribution in [1.29, 1.82) is 0 Å². The zero-order valence-electron chi connectivity index (χ0n) is 16.5. The Kier molecular flexibility index (Phi) is 5.77. The molecule has 150 valence electrons. The van der Waals surface area contributed by atoms with E-state index in [1.54, 1.807) is 19.2 Å². The Hall–Kier alpha value is -3.48. The number of fused-ring (bicyclic) bond motifs is 1. The van der Waals surface area contributed by atoms with Crippen molar-refractivity contribution in [2.45, 2.75) is 32.5 Å². The van der Waals surface area contributed by atoms with Crippen molar-refractivity contribution in [3.63, 3.8) is 0 Å². The highest BCUT2D eigenvalue weighted by Crippen LogP contribution is 2.25. The molecular formula is C22H22N2O5. The lowest BCUT2D eigenvalue weighted by atomic mass is 10.1. The van der Waals surface area contributed by atoms with E-state index in [1.165, 1.54) is 30.9 Å². The van der Waals surface area contributed by atoms with E-state index in [1.807, 2.05) is 30.3 Å². The molecule has 2 atom stereocenters. The number of hydrogen-bond acceptors (Lipinski definition) is 5. The van der Waals surface area contributed by atoms with E-state index in [-0.39, 0.29) is 17.0 Å². The van der Waals surface area contributed by atoms with E-state index < -0.39 is 29.9 Å². The zero-order chi connectivity index (χ0) is 21.1. The number of hydrogen-bond donors (Lipinski definition) is 0. The molecule has 0 aromatic heterocycles. The Morgan fingerprint density at radius 1 is 0.931 bits per heavy atom. The number of esters is 1. The third-order valence-electron chi connectivity index (χ3n) is 4.83. The van der Waals surface area contributed by atoms with Gasteiger partial charge < -0.3 is 9.64 Å². The average molecular weight is 394 g/mol. The molecule has 0 fully saturated rings. The summed E-state index contributed by atoms with van der Waals surface area (Å²) < 4.78 is 5.26. The summed E-state index contributed by atoms with van der Waals surface area (Å²) in [6.07, 6.45) is -1.05. The second-order valence-electron chi connectivity index (χ2n) is 6.96. The third kappa shape index (κ3) is 4.03. The lowest BCUT2D eigenvalue weighted by molar-refractivity contribution is -0.161. The molecule has 0 N–H and O–H groups in total. The third-order valence-corrected chi connectivity index (χ3v) is 4.83. The van der Waals surface area contributed by atoms with Crippen LogP contribution in [0.2, 0.25) is 0 Å². The van der Waals surface area contributed by atoms with Gasteiger partial charge in [-0.25, -0.2) is 4.79 Å². The van der Waals surface area contributed by atoms with Crippen molar-refractivity contribution in [3.8, 4) is 0 Å². The zero-order valence-corrected chi connectivity index (χ0v) is 16.5. The van der Waals surface area contributed by atoms with Crippen LogP contribution in [-0.4, -0.2) is 52.7 Å². The normalized spacial score (nSPS) is 14.9. The highest BCUT2D eigenvalue weighted by molar-refractivity contribution is 6.22. The highest BCUT2D eigenvalue weighted by atomic mass is 16.5. The fourth-order valence-corrected chi connectivity index (χ4v) is 3.23. The van der Waals surface area contributed by atoms with Gasteiger partial charge in [-0.2, -0.15) is 0 Å². The first-order valence-corrected chi connectivity index (χ1v) is 9.27. The average Bonchev–Trinajstić information content (AvgIpc) is 2.98. The molecule has 0 unspecified atom stereocenters. The fraction of sp³-hybridized carbons (Fsp3) is 0.273. The maximum Gasteiger partial charge on any atom is 0.329 e. The number of likely N-dealkylation sites (N-methyl/N-ethyl adjacent to an activating group) is 1. The Balaban J connectivity index is 1.63. The van der Waals surface area contributed by atoms with Crippen LogP contribution in [0.15, 0.2) is 54.6 Å². The largest absolute Gasteiger partial charge is 0.451 e. The molecule has 1 heterocycles. The van der Waals surface area contributed by atoms with Gasteiger partial charge in [0.15, 0.2) is 6.10 Å². The molecule has 29 heavy (non-hydrogen) atoms. The molecule has 0 saturated heterocycles. The summed E-state index contributed by atoms with van der Waals surface area (Å²) in [5.41, 5.74) is 1.45. The molecule has 0 spiro atoms. The van der Waals surface area contributed by atoms with Gasteiger partial charge >= 0.3 is 5.97 Å². The van der Waals surface area contributed by atoms with E-state index in [0.29, 0.717) is 6.54 Å². The number of ether oxygens (including phenoxy) is 1. The van der Waals surface area contributed by atoms with Crippen molar-refractivity contribution < 1.29 is 23.9 Å². The predicted molar refractivity (Wildman–Crippen MR) is 105 cm³/mol. The van der Waals surface area contributed by atoms with Crippen molar-refractivity contribution in [3.05, 3.63) is 71.3 Å². The first kappa shape index (κ1) is 20.3. The van der Waals surface area contributed by atoms with Gasteiger partial charge in [0.2, 0.25) is 0 Å². The van der Waals surface area contributed by atoms with E-state index in [4.69, 9.17) is 4.74 Å². The molecule has 7 nitrogen and oxygen atoms in total. The Bertz CT molecular complexity index is 922. The van der Waals surface area contributed by atoms with Crippen LogP contribution in [0.3, 0.4) is 0 Å². The van der Waals surface area contributed by atoms with Gasteiger partial charge in [-0.1, -0.05) is 42.5 Å². The van der Waals surface area contributed by atoms with Gasteiger partial charge in [-0.3, -0.25) is 19.3 Å². The Morgan fingerprint density at radius 2 is 1.45 bits per heavy atom. The molecule has 2 aromatic rings. The molecule has 3 rings (SSSR count). The van der Waals surface area contributed by atoms with Crippen molar-refractivity contribution in [2.75, 3.05) is 7.05 Å². The molecule has 2 aromatic carbocycles. The molecule has 7 heteroatoms. The molecular weight excluding hydrogens is 372 g/mol. The van der Waals surface area contributed by atoms with Crippen molar-refractivity contribution >= 4 is 23.7 Å². The number of benzene rings is 2. The summed E-state index contributed by atoms with van der Waals surface area (Å²) in [6.45, 7) is 3.25. The molecule has 0 aliphatic carbocycles. The minimum absolute atomic E-state index is 0.254. The van der Waals surface area contributed by atoms with Gasteiger partial charge in [-0.15, -0.1) is 0 Å².